The number of carbonyl (C=O) groups is 2. The van der Waals surface area contributed by atoms with Crippen molar-refractivity contribution < 1.29 is 9.59 Å². The Hall–Kier alpha value is -1.10. The molecule has 2 amide bonds. The summed E-state index contributed by atoms with van der Waals surface area (Å²) in [5.41, 5.74) is 5.64. The maximum absolute atomic E-state index is 11.2. The lowest BCUT2D eigenvalue weighted by molar-refractivity contribution is -0.121. The van der Waals surface area contributed by atoms with Gasteiger partial charge in [0.15, 0.2) is 5.78 Å². The van der Waals surface area contributed by atoms with Crippen LogP contribution in [0.25, 0.3) is 0 Å². The van der Waals surface area contributed by atoms with Crippen molar-refractivity contribution in [2.45, 2.75) is 25.4 Å². The number of hydrogen-bond acceptors (Lipinski definition) is 3. The second-order valence-electron chi connectivity index (χ2n) is 2.84. The zero-order valence-electron chi connectivity index (χ0n) is 6.96. The van der Waals surface area contributed by atoms with Crippen molar-refractivity contribution in [2.24, 2.45) is 5.73 Å². The molecule has 0 radical (unpaired) electrons. The number of rotatable bonds is 2. The van der Waals surface area contributed by atoms with Gasteiger partial charge in [-0.2, -0.15) is 0 Å². The van der Waals surface area contributed by atoms with Gasteiger partial charge in [-0.05, 0) is 6.42 Å². The van der Waals surface area contributed by atoms with Gasteiger partial charge in [0.05, 0.1) is 6.54 Å². The molecule has 1 saturated heterocycles. The summed E-state index contributed by atoms with van der Waals surface area (Å²) in [6, 6.07) is -1.10. The van der Waals surface area contributed by atoms with Gasteiger partial charge in [-0.15, -0.1) is 0 Å². The van der Waals surface area contributed by atoms with Crippen LogP contribution in [0, 0.1) is 0 Å². The molecule has 0 bridgehead atoms. The van der Waals surface area contributed by atoms with Crippen LogP contribution in [0.4, 0.5) is 4.79 Å². The van der Waals surface area contributed by atoms with E-state index in [1.54, 1.807) is 0 Å². The quantitative estimate of drug-likeness (QED) is 0.497. The lowest BCUT2D eigenvalue weighted by Gasteiger charge is -2.26. The third kappa shape index (κ3) is 1.73. The molecule has 0 saturated carbocycles. The highest BCUT2D eigenvalue weighted by molar-refractivity contribution is 5.96. The molecule has 0 aliphatic carbocycles. The van der Waals surface area contributed by atoms with Crippen LogP contribution in [-0.4, -0.2) is 30.4 Å². The van der Waals surface area contributed by atoms with Crippen molar-refractivity contribution in [2.75, 3.05) is 6.54 Å². The van der Waals surface area contributed by atoms with Gasteiger partial charge in [-0.3, -0.25) is 4.79 Å². The highest BCUT2D eigenvalue weighted by atomic mass is 16.2. The molecule has 2 atom stereocenters. The summed E-state index contributed by atoms with van der Waals surface area (Å²) in [6.07, 6.45) is 0.677. The van der Waals surface area contributed by atoms with Crippen molar-refractivity contribution in [1.82, 2.24) is 10.6 Å². The van der Waals surface area contributed by atoms with Crippen molar-refractivity contribution in [3.63, 3.8) is 0 Å². The summed E-state index contributed by atoms with van der Waals surface area (Å²) in [5.74, 6) is -0.0519. The highest BCUT2D eigenvalue weighted by Gasteiger charge is 2.29. The standard InChI is InChI=1S/C7H13N3O2/c1-2-4(8)6-5(11)3-9-7(12)10-6/h4,6H,2-3,8H2,1H3,(H2,9,10,12). The number of urea groups is 1. The van der Waals surface area contributed by atoms with E-state index in [4.69, 9.17) is 5.73 Å². The fourth-order valence-electron chi connectivity index (χ4n) is 1.13. The van der Waals surface area contributed by atoms with E-state index in [0.29, 0.717) is 6.42 Å². The minimum atomic E-state index is -0.510. The summed E-state index contributed by atoms with van der Waals surface area (Å²) < 4.78 is 0. The van der Waals surface area contributed by atoms with Gasteiger partial charge in [0.25, 0.3) is 0 Å². The third-order valence-corrected chi connectivity index (χ3v) is 1.96. The number of Topliss-reactive ketones (excluding diaryl/α,β-unsaturated/α-hetero) is 1. The smallest absolute Gasteiger partial charge is 0.315 e. The first-order chi connectivity index (χ1) is 5.65. The molecule has 1 aliphatic heterocycles. The van der Waals surface area contributed by atoms with Crippen LogP contribution in [0.15, 0.2) is 0 Å². The minimum absolute atomic E-state index is 0.0519. The van der Waals surface area contributed by atoms with Crippen molar-refractivity contribution >= 4 is 11.8 Å². The Morgan fingerprint density at radius 1 is 1.67 bits per heavy atom. The lowest BCUT2D eigenvalue weighted by Crippen LogP contribution is -2.61. The third-order valence-electron chi connectivity index (χ3n) is 1.96. The van der Waals surface area contributed by atoms with Crippen LogP contribution in [0.2, 0.25) is 0 Å². The molecule has 0 spiro atoms. The molecule has 1 rings (SSSR count). The first-order valence-electron chi connectivity index (χ1n) is 3.97. The van der Waals surface area contributed by atoms with Crippen LogP contribution in [0.5, 0.6) is 0 Å². The zero-order chi connectivity index (χ0) is 9.14. The van der Waals surface area contributed by atoms with E-state index in [2.05, 4.69) is 10.6 Å². The van der Waals surface area contributed by atoms with E-state index in [0.717, 1.165) is 0 Å². The zero-order valence-corrected chi connectivity index (χ0v) is 6.96. The first-order valence-corrected chi connectivity index (χ1v) is 3.97. The number of nitrogens with one attached hydrogen (secondary N) is 2. The average molecular weight is 171 g/mol. The molecule has 0 aromatic carbocycles. The highest BCUT2D eigenvalue weighted by Crippen LogP contribution is 2.00. The number of carbonyl (C=O) groups excluding carboxylic acids is 2. The molecular weight excluding hydrogens is 158 g/mol. The number of ketones is 1. The normalized spacial score (nSPS) is 26.0. The van der Waals surface area contributed by atoms with Gasteiger partial charge >= 0.3 is 6.03 Å². The van der Waals surface area contributed by atoms with Crippen LogP contribution in [-0.2, 0) is 4.79 Å². The van der Waals surface area contributed by atoms with Crippen molar-refractivity contribution in [3.8, 4) is 0 Å². The largest absolute Gasteiger partial charge is 0.331 e. The van der Waals surface area contributed by atoms with Gasteiger partial charge in [-0.25, -0.2) is 4.79 Å². The Morgan fingerprint density at radius 3 is 2.92 bits per heavy atom. The van der Waals surface area contributed by atoms with E-state index < -0.39 is 6.04 Å². The SMILES string of the molecule is CCC(N)C1NC(=O)NCC1=O. The van der Waals surface area contributed by atoms with Gasteiger partial charge in [0.2, 0.25) is 0 Å². The topological polar surface area (TPSA) is 84.2 Å². The van der Waals surface area contributed by atoms with Gasteiger partial charge < -0.3 is 16.4 Å². The second-order valence-corrected chi connectivity index (χ2v) is 2.84. The van der Waals surface area contributed by atoms with Crippen LogP contribution in [0.1, 0.15) is 13.3 Å². The molecule has 5 nitrogen and oxygen atoms in total. The van der Waals surface area contributed by atoms with Gasteiger partial charge in [0, 0.05) is 6.04 Å². The molecule has 5 heteroatoms. The molecule has 1 heterocycles. The van der Waals surface area contributed by atoms with E-state index in [9.17, 15) is 9.59 Å². The number of nitrogens with two attached hydrogens (primary N) is 1. The summed E-state index contributed by atoms with van der Waals surface area (Å²) >= 11 is 0. The van der Waals surface area contributed by atoms with E-state index >= 15 is 0 Å². The molecule has 12 heavy (non-hydrogen) atoms. The number of hydrogen-bond donors (Lipinski definition) is 3. The van der Waals surface area contributed by atoms with Crippen molar-refractivity contribution in [3.05, 3.63) is 0 Å². The summed E-state index contributed by atoms with van der Waals surface area (Å²) in [6.45, 7) is 1.97. The van der Waals surface area contributed by atoms with Crippen molar-refractivity contribution in [1.29, 1.82) is 0 Å². The van der Waals surface area contributed by atoms with Gasteiger partial charge in [0.1, 0.15) is 6.04 Å². The van der Waals surface area contributed by atoms with E-state index in [-0.39, 0.29) is 24.4 Å². The molecule has 2 unspecified atom stereocenters. The van der Waals surface area contributed by atoms with Crippen LogP contribution >= 0.6 is 0 Å². The Morgan fingerprint density at radius 2 is 2.33 bits per heavy atom. The molecule has 68 valence electrons. The van der Waals surface area contributed by atoms with E-state index in [1.807, 2.05) is 6.92 Å². The molecule has 1 fully saturated rings. The minimum Gasteiger partial charge on any atom is -0.331 e. The van der Waals surface area contributed by atoms with Crippen LogP contribution in [0.3, 0.4) is 0 Å². The predicted molar refractivity (Wildman–Crippen MR) is 43.6 cm³/mol. The maximum atomic E-state index is 11.2. The molecule has 1 aliphatic rings. The Labute approximate surface area is 70.7 Å². The Bertz CT molecular complexity index is 205. The molecule has 0 aromatic heterocycles. The first kappa shape index (κ1) is 8.99. The fraction of sp³-hybridized carbons (Fsp3) is 0.714. The number of amides is 2. The van der Waals surface area contributed by atoms with E-state index in [1.165, 1.54) is 0 Å². The summed E-state index contributed by atoms with van der Waals surface area (Å²) in [7, 11) is 0. The van der Waals surface area contributed by atoms with Gasteiger partial charge in [-0.1, -0.05) is 6.92 Å². The Kier molecular flexibility index (Phi) is 2.65. The average Bonchev–Trinajstić information content (AvgIpc) is 2.08. The fourth-order valence-corrected chi connectivity index (χ4v) is 1.13. The molecule has 0 aromatic rings. The monoisotopic (exact) mass is 171 g/mol. The maximum Gasteiger partial charge on any atom is 0.315 e. The summed E-state index contributed by atoms with van der Waals surface area (Å²) in [5, 5.41) is 4.88. The lowest BCUT2D eigenvalue weighted by atomic mass is 10.0. The molecular formula is C7H13N3O2. The summed E-state index contributed by atoms with van der Waals surface area (Å²) in [4.78, 5) is 22.0. The Balaban J connectivity index is 2.60. The van der Waals surface area contributed by atoms with Crippen LogP contribution < -0.4 is 16.4 Å². The second kappa shape index (κ2) is 3.53. The predicted octanol–water partition coefficient (Wildman–Crippen LogP) is -1.03. The molecule has 4 N–H and O–H groups in total.